The molecule has 1 aromatic rings. The van der Waals surface area contributed by atoms with Crippen LogP contribution in [-0.2, 0) is 0 Å². The number of benzene rings is 1. The first-order valence-electron chi connectivity index (χ1n) is 7.66. The molecule has 3 rings (SSSR count). The molecule has 2 nitrogen and oxygen atoms in total. The van der Waals surface area contributed by atoms with Crippen LogP contribution in [0.5, 0.6) is 0 Å². The molecule has 2 aliphatic rings. The number of likely N-dealkylation sites (tertiary alicyclic amines) is 1. The van der Waals surface area contributed by atoms with Crippen molar-refractivity contribution in [1.82, 2.24) is 4.90 Å². The Labute approximate surface area is 117 Å². The van der Waals surface area contributed by atoms with Gasteiger partial charge in [0.25, 0.3) is 0 Å². The normalized spacial score (nSPS) is 39.3. The van der Waals surface area contributed by atoms with Crippen molar-refractivity contribution in [2.24, 2.45) is 17.6 Å². The van der Waals surface area contributed by atoms with Gasteiger partial charge in [0, 0.05) is 25.2 Å². The van der Waals surface area contributed by atoms with E-state index in [-0.39, 0.29) is 6.04 Å². The second-order valence-corrected chi connectivity index (χ2v) is 6.77. The van der Waals surface area contributed by atoms with Gasteiger partial charge in [-0.1, -0.05) is 45.0 Å². The number of nitrogens with zero attached hydrogens (tertiary/aromatic N) is 1. The predicted octanol–water partition coefficient (Wildman–Crippen LogP) is 3.15. The van der Waals surface area contributed by atoms with Gasteiger partial charge in [-0.25, -0.2) is 0 Å². The molecule has 1 saturated heterocycles. The second-order valence-electron chi connectivity index (χ2n) is 6.77. The molecule has 1 heterocycles. The number of fused-ring (bicyclic) bond motifs is 1. The fraction of sp³-hybridized carbons (Fsp3) is 0.647. The third-order valence-corrected chi connectivity index (χ3v) is 5.38. The Morgan fingerprint density at radius 1 is 1.00 bits per heavy atom. The SMILES string of the molecule is CC1CC(N2CC(C)C(C)C2)C(N)c2ccccc21. The van der Waals surface area contributed by atoms with E-state index >= 15 is 0 Å². The molecule has 1 aliphatic heterocycles. The zero-order valence-electron chi connectivity index (χ0n) is 12.3. The van der Waals surface area contributed by atoms with Crippen molar-refractivity contribution < 1.29 is 0 Å². The highest BCUT2D eigenvalue weighted by atomic mass is 15.2. The third kappa shape index (κ3) is 2.21. The molecule has 1 fully saturated rings. The smallest absolute Gasteiger partial charge is 0.0456 e. The van der Waals surface area contributed by atoms with Crippen LogP contribution in [0.25, 0.3) is 0 Å². The molecule has 1 aromatic carbocycles. The summed E-state index contributed by atoms with van der Waals surface area (Å²) >= 11 is 0. The summed E-state index contributed by atoms with van der Waals surface area (Å²) in [6, 6.07) is 9.46. The molecule has 5 atom stereocenters. The molecule has 19 heavy (non-hydrogen) atoms. The Bertz CT molecular complexity index is 446. The summed E-state index contributed by atoms with van der Waals surface area (Å²) < 4.78 is 0. The van der Waals surface area contributed by atoms with Crippen molar-refractivity contribution in [2.75, 3.05) is 13.1 Å². The average Bonchev–Trinajstić information content (AvgIpc) is 2.74. The van der Waals surface area contributed by atoms with E-state index < -0.39 is 0 Å². The number of hydrogen-bond donors (Lipinski definition) is 1. The van der Waals surface area contributed by atoms with Gasteiger partial charge in [0.1, 0.15) is 0 Å². The van der Waals surface area contributed by atoms with E-state index in [0.717, 1.165) is 11.8 Å². The van der Waals surface area contributed by atoms with Gasteiger partial charge in [-0.05, 0) is 35.3 Å². The molecule has 0 saturated carbocycles. The highest BCUT2D eigenvalue weighted by Crippen LogP contribution is 2.40. The summed E-state index contributed by atoms with van der Waals surface area (Å²) in [5.41, 5.74) is 9.42. The lowest BCUT2D eigenvalue weighted by molar-refractivity contribution is 0.174. The van der Waals surface area contributed by atoms with Crippen LogP contribution in [0.1, 0.15) is 50.3 Å². The van der Waals surface area contributed by atoms with Crippen LogP contribution < -0.4 is 5.73 Å². The van der Waals surface area contributed by atoms with Crippen molar-refractivity contribution >= 4 is 0 Å². The number of rotatable bonds is 1. The first-order chi connectivity index (χ1) is 9.08. The fourth-order valence-corrected chi connectivity index (χ4v) is 3.93. The summed E-state index contributed by atoms with van der Waals surface area (Å²) in [4.78, 5) is 2.65. The highest BCUT2D eigenvalue weighted by molar-refractivity contribution is 5.36. The van der Waals surface area contributed by atoms with Crippen LogP contribution in [0.15, 0.2) is 24.3 Å². The third-order valence-electron chi connectivity index (χ3n) is 5.38. The van der Waals surface area contributed by atoms with E-state index in [2.05, 4.69) is 49.9 Å². The van der Waals surface area contributed by atoms with Crippen LogP contribution >= 0.6 is 0 Å². The summed E-state index contributed by atoms with van der Waals surface area (Å²) in [6.45, 7) is 9.52. The molecule has 0 radical (unpaired) electrons. The first-order valence-corrected chi connectivity index (χ1v) is 7.66. The van der Waals surface area contributed by atoms with Crippen molar-refractivity contribution in [3.63, 3.8) is 0 Å². The van der Waals surface area contributed by atoms with E-state index in [1.165, 1.54) is 30.6 Å². The van der Waals surface area contributed by atoms with E-state index in [4.69, 9.17) is 5.73 Å². The number of nitrogens with two attached hydrogens (primary N) is 1. The van der Waals surface area contributed by atoms with Gasteiger partial charge in [0.05, 0.1) is 0 Å². The molecule has 2 heteroatoms. The molecule has 5 unspecified atom stereocenters. The van der Waals surface area contributed by atoms with Crippen LogP contribution in [0.4, 0.5) is 0 Å². The fourth-order valence-electron chi connectivity index (χ4n) is 3.93. The van der Waals surface area contributed by atoms with Crippen molar-refractivity contribution in [1.29, 1.82) is 0 Å². The molecule has 2 N–H and O–H groups in total. The van der Waals surface area contributed by atoms with E-state index in [1.54, 1.807) is 0 Å². The summed E-state index contributed by atoms with van der Waals surface area (Å²) in [5, 5.41) is 0. The molecule has 1 aliphatic carbocycles. The van der Waals surface area contributed by atoms with Gasteiger partial charge in [0.2, 0.25) is 0 Å². The zero-order chi connectivity index (χ0) is 13.6. The molecular formula is C17H26N2. The Morgan fingerprint density at radius 3 is 2.21 bits per heavy atom. The lowest BCUT2D eigenvalue weighted by atomic mass is 9.78. The largest absolute Gasteiger partial charge is 0.323 e. The number of hydrogen-bond acceptors (Lipinski definition) is 2. The average molecular weight is 258 g/mol. The lowest BCUT2D eigenvalue weighted by Crippen LogP contribution is -2.45. The van der Waals surface area contributed by atoms with Crippen LogP contribution in [0.3, 0.4) is 0 Å². The quantitative estimate of drug-likeness (QED) is 0.838. The van der Waals surface area contributed by atoms with Gasteiger partial charge in [-0.3, -0.25) is 4.90 Å². The van der Waals surface area contributed by atoms with Crippen molar-refractivity contribution in [3.05, 3.63) is 35.4 Å². The van der Waals surface area contributed by atoms with Gasteiger partial charge < -0.3 is 5.73 Å². The van der Waals surface area contributed by atoms with Gasteiger partial charge in [-0.2, -0.15) is 0 Å². The maximum Gasteiger partial charge on any atom is 0.0456 e. The van der Waals surface area contributed by atoms with E-state index in [1.807, 2.05) is 0 Å². The highest BCUT2D eigenvalue weighted by Gasteiger charge is 2.38. The standard InChI is InChI=1S/C17H26N2/c1-11-8-16(19-9-12(2)13(3)10-19)17(18)15-7-5-4-6-14(11)15/h4-7,11-13,16-17H,8-10,18H2,1-3H3. The molecule has 0 bridgehead atoms. The van der Waals surface area contributed by atoms with Gasteiger partial charge in [0.15, 0.2) is 0 Å². The van der Waals surface area contributed by atoms with Crippen molar-refractivity contribution in [3.8, 4) is 0 Å². The Kier molecular flexibility index (Phi) is 3.40. The van der Waals surface area contributed by atoms with E-state index in [9.17, 15) is 0 Å². The monoisotopic (exact) mass is 258 g/mol. The summed E-state index contributed by atoms with van der Waals surface area (Å²) in [7, 11) is 0. The minimum atomic E-state index is 0.185. The molecule has 0 aromatic heterocycles. The maximum atomic E-state index is 6.58. The van der Waals surface area contributed by atoms with Crippen LogP contribution in [0, 0.1) is 11.8 Å². The van der Waals surface area contributed by atoms with E-state index in [0.29, 0.717) is 12.0 Å². The zero-order valence-corrected chi connectivity index (χ0v) is 12.3. The molecule has 0 spiro atoms. The van der Waals surface area contributed by atoms with Gasteiger partial charge >= 0.3 is 0 Å². The maximum absolute atomic E-state index is 6.58. The molecular weight excluding hydrogens is 232 g/mol. The Morgan fingerprint density at radius 2 is 1.58 bits per heavy atom. The second kappa shape index (κ2) is 4.92. The molecule has 104 valence electrons. The van der Waals surface area contributed by atoms with Crippen molar-refractivity contribution in [2.45, 2.75) is 45.2 Å². The minimum absolute atomic E-state index is 0.185. The van der Waals surface area contributed by atoms with Crippen LogP contribution in [-0.4, -0.2) is 24.0 Å². The topological polar surface area (TPSA) is 29.3 Å². The van der Waals surface area contributed by atoms with Gasteiger partial charge in [-0.15, -0.1) is 0 Å². The molecule has 0 amide bonds. The summed E-state index contributed by atoms with van der Waals surface area (Å²) in [6.07, 6.45) is 1.21. The van der Waals surface area contributed by atoms with Crippen LogP contribution in [0.2, 0.25) is 0 Å². The lowest BCUT2D eigenvalue weighted by Gasteiger charge is -2.40. The Hall–Kier alpha value is -0.860. The predicted molar refractivity (Wildman–Crippen MR) is 80.1 cm³/mol. The summed E-state index contributed by atoms with van der Waals surface area (Å²) in [5.74, 6) is 2.24. The minimum Gasteiger partial charge on any atom is -0.323 e. The first kappa shape index (κ1) is 13.1. The Balaban J connectivity index is 1.86.